The first kappa shape index (κ1) is 18.9. The highest BCUT2D eigenvalue weighted by molar-refractivity contribution is 7.16. The third-order valence-electron chi connectivity index (χ3n) is 4.32. The maximum atomic E-state index is 13.9. The number of thiazole rings is 1. The number of aryl methyl sites for hydroxylation is 2. The molecule has 0 saturated carbocycles. The minimum Gasteiger partial charge on any atom is -0.347 e. The summed E-state index contributed by atoms with van der Waals surface area (Å²) in [5.74, 6) is 0.109. The maximum absolute atomic E-state index is 13.9. The minimum absolute atomic E-state index is 0.257. The van der Waals surface area contributed by atoms with Gasteiger partial charge in [0.25, 0.3) is 5.91 Å². The Morgan fingerprint density at radius 1 is 1.14 bits per heavy atom. The van der Waals surface area contributed by atoms with Crippen molar-refractivity contribution in [1.29, 1.82) is 0 Å². The average Bonchev–Trinajstić information content (AvgIpc) is 3.33. The summed E-state index contributed by atoms with van der Waals surface area (Å²) in [6.45, 7) is 4.24. The maximum Gasteiger partial charge on any atom is 0.263 e. The molecule has 0 atom stereocenters. The van der Waals surface area contributed by atoms with Crippen LogP contribution in [-0.2, 0) is 6.54 Å². The molecule has 29 heavy (non-hydrogen) atoms. The first-order chi connectivity index (χ1) is 14.0. The van der Waals surface area contributed by atoms with Crippen LogP contribution in [-0.4, -0.2) is 25.7 Å². The van der Waals surface area contributed by atoms with Gasteiger partial charge < -0.3 is 5.32 Å². The smallest absolute Gasteiger partial charge is 0.263 e. The van der Waals surface area contributed by atoms with Gasteiger partial charge in [-0.15, -0.1) is 11.3 Å². The molecule has 0 radical (unpaired) electrons. The zero-order valence-electron chi connectivity index (χ0n) is 15.9. The molecule has 0 aliphatic heterocycles. The lowest BCUT2D eigenvalue weighted by Crippen LogP contribution is -2.21. The standard InChI is InChI=1S/C21H18FN5OS/c1-13-9-14(2)27(26-13)19-8-7-15(10-23-19)11-24-20(28)18-12-25-21(29-18)16-5-3-4-6-17(16)22/h3-10,12H,11H2,1-2H3,(H,24,28). The number of hydrogen-bond acceptors (Lipinski definition) is 5. The number of nitrogens with one attached hydrogen (secondary N) is 1. The molecule has 1 amide bonds. The van der Waals surface area contributed by atoms with Gasteiger partial charge in [0, 0.05) is 24.0 Å². The molecule has 4 rings (SSSR count). The number of aromatic nitrogens is 4. The summed E-state index contributed by atoms with van der Waals surface area (Å²) in [6.07, 6.45) is 3.18. The number of benzene rings is 1. The Morgan fingerprint density at radius 3 is 2.66 bits per heavy atom. The van der Waals surface area contributed by atoms with Crippen LogP contribution in [0.2, 0.25) is 0 Å². The fourth-order valence-corrected chi connectivity index (χ4v) is 3.77. The third-order valence-corrected chi connectivity index (χ3v) is 5.35. The molecule has 0 aliphatic rings. The first-order valence-electron chi connectivity index (χ1n) is 8.99. The molecule has 1 aromatic carbocycles. The van der Waals surface area contributed by atoms with Gasteiger partial charge >= 0.3 is 0 Å². The van der Waals surface area contributed by atoms with Crippen molar-refractivity contribution in [2.24, 2.45) is 0 Å². The number of hydrogen-bond donors (Lipinski definition) is 1. The van der Waals surface area contributed by atoms with Crippen LogP contribution in [0.25, 0.3) is 16.4 Å². The molecule has 4 aromatic rings. The van der Waals surface area contributed by atoms with Crippen LogP contribution in [0.5, 0.6) is 0 Å². The number of carbonyl (C=O) groups excluding carboxylic acids is 1. The summed E-state index contributed by atoms with van der Waals surface area (Å²) in [5.41, 5.74) is 3.19. The van der Waals surface area contributed by atoms with E-state index < -0.39 is 0 Å². The molecule has 0 saturated heterocycles. The van der Waals surface area contributed by atoms with Crippen LogP contribution in [0, 0.1) is 19.7 Å². The minimum atomic E-state index is -0.359. The molecule has 0 aliphatic carbocycles. The predicted molar refractivity (Wildman–Crippen MR) is 110 cm³/mol. The van der Waals surface area contributed by atoms with Crippen molar-refractivity contribution in [2.45, 2.75) is 20.4 Å². The van der Waals surface area contributed by atoms with Crippen LogP contribution in [0.15, 0.2) is 54.9 Å². The number of nitrogens with zero attached hydrogens (tertiary/aromatic N) is 4. The molecule has 0 fully saturated rings. The van der Waals surface area contributed by atoms with Crippen LogP contribution in [0.1, 0.15) is 26.6 Å². The van der Waals surface area contributed by atoms with E-state index in [9.17, 15) is 9.18 Å². The summed E-state index contributed by atoms with van der Waals surface area (Å²) in [6, 6.07) is 12.1. The monoisotopic (exact) mass is 407 g/mol. The van der Waals surface area contributed by atoms with E-state index in [2.05, 4.69) is 20.4 Å². The van der Waals surface area contributed by atoms with Crippen LogP contribution >= 0.6 is 11.3 Å². The van der Waals surface area contributed by atoms with E-state index in [1.54, 1.807) is 29.1 Å². The van der Waals surface area contributed by atoms with Gasteiger partial charge in [-0.05, 0) is 43.7 Å². The summed E-state index contributed by atoms with van der Waals surface area (Å²) in [4.78, 5) is 21.4. The van der Waals surface area contributed by atoms with Crippen LogP contribution in [0.3, 0.4) is 0 Å². The molecular formula is C21H18FN5OS. The lowest BCUT2D eigenvalue weighted by molar-refractivity contribution is 0.0954. The van der Waals surface area contributed by atoms with E-state index in [0.29, 0.717) is 22.0 Å². The van der Waals surface area contributed by atoms with Crippen molar-refractivity contribution < 1.29 is 9.18 Å². The fraction of sp³-hybridized carbons (Fsp3) is 0.143. The Kier molecular flexibility index (Phi) is 5.18. The molecular weight excluding hydrogens is 389 g/mol. The van der Waals surface area contributed by atoms with Gasteiger partial charge in [0.05, 0.1) is 11.9 Å². The van der Waals surface area contributed by atoms with Crippen molar-refractivity contribution in [3.63, 3.8) is 0 Å². The molecule has 0 bridgehead atoms. The Bertz CT molecular complexity index is 1170. The molecule has 3 aromatic heterocycles. The topological polar surface area (TPSA) is 72.7 Å². The number of carbonyl (C=O) groups is 1. The number of pyridine rings is 1. The number of amides is 1. The van der Waals surface area contributed by atoms with Gasteiger partial charge in [0.2, 0.25) is 0 Å². The van der Waals surface area contributed by atoms with Gasteiger partial charge in [0.1, 0.15) is 15.7 Å². The number of rotatable bonds is 5. The number of halogens is 1. The molecule has 3 heterocycles. The highest BCUT2D eigenvalue weighted by Gasteiger charge is 2.14. The van der Waals surface area contributed by atoms with E-state index >= 15 is 0 Å². The third kappa shape index (κ3) is 4.07. The highest BCUT2D eigenvalue weighted by atomic mass is 32.1. The van der Waals surface area contributed by atoms with E-state index in [4.69, 9.17) is 0 Å². The van der Waals surface area contributed by atoms with Crippen molar-refractivity contribution in [3.05, 3.63) is 82.5 Å². The Morgan fingerprint density at radius 2 is 1.97 bits per heavy atom. The lowest BCUT2D eigenvalue weighted by atomic mass is 10.2. The highest BCUT2D eigenvalue weighted by Crippen LogP contribution is 2.27. The van der Waals surface area contributed by atoms with Crippen molar-refractivity contribution >= 4 is 17.2 Å². The predicted octanol–water partition coefficient (Wildman–Crippen LogP) is 4.08. The first-order valence-corrected chi connectivity index (χ1v) is 9.80. The summed E-state index contributed by atoms with van der Waals surface area (Å²) >= 11 is 1.16. The van der Waals surface area contributed by atoms with Crippen molar-refractivity contribution in [2.75, 3.05) is 0 Å². The van der Waals surface area contributed by atoms with E-state index in [0.717, 1.165) is 34.1 Å². The van der Waals surface area contributed by atoms with Crippen molar-refractivity contribution in [3.8, 4) is 16.4 Å². The second kappa shape index (κ2) is 7.92. The van der Waals surface area contributed by atoms with Crippen LogP contribution < -0.4 is 5.32 Å². The Balaban J connectivity index is 1.41. The Hall–Kier alpha value is -3.39. The molecule has 146 valence electrons. The van der Waals surface area contributed by atoms with Gasteiger partial charge in [-0.2, -0.15) is 5.10 Å². The SMILES string of the molecule is Cc1cc(C)n(-c2ccc(CNC(=O)c3cnc(-c4ccccc4F)s3)cn2)n1. The van der Waals surface area contributed by atoms with E-state index in [1.807, 2.05) is 32.0 Å². The lowest BCUT2D eigenvalue weighted by Gasteiger charge is -2.06. The second-order valence-electron chi connectivity index (χ2n) is 6.56. The zero-order valence-corrected chi connectivity index (χ0v) is 16.7. The quantitative estimate of drug-likeness (QED) is 0.541. The molecule has 1 N–H and O–H groups in total. The zero-order chi connectivity index (χ0) is 20.4. The molecule has 6 nitrogen and oxygen atoms in total. The van der Waals surface area contributed by atoms with Gasteiger partial charge in [-0.3, -0.25) is 4.79 Å². The summed E-state index contributed by atoms with van der Waals surface area (Å²) < 4.78 is 15.7. The fourth-order valence-electron chi connectivity index (χ4n) is 2.92. The van der Waals surface area contributed by atoms with Crippen molar-refractivity contribution in [1.82, 2.24) is 25.1 Å². The molecule has 0 spiro atoms. The second-order valence-corrected chi connectivity index (χ2v) is 7.59. The average molecular weight is 407 g/mol. The van der Waals surface area contributed by atoms with E-state index in [-0.39, 0.29) is 11.7 Å². The van der Waals surface area contributed by atoms with Gasteiger partial charge in [-0.1, -0.05) is 18.2 Å². The summed E-state index contributed by atoms with van der Waals surface area (Å²) in [7, 11) is 0. The van der Waals surface area contributed by atoms with Gasteiger partial charge in [-0.25, -0.2) is 19.0 Å². The molecule has 8 heteroatoms. The summed E-state index contributed by atoms with van der Waals surface area (Å²) in [5, 5.41) is 7.73. The largest absolute Gasteiger partial charge is 0.347 e. The Labute approximate surface area is 171 Å². The molecule has 0 unspecified atom stereocenters. The van der Waals surface area contributed by atoms with E-state index in [1.165, 1.54) is 12.3 Å². The normalized spacial score (nSPS) is 10.9. The van der Waals surface area contributed by atoms with Crippen LogP contribution in [0.4, 0.5) is 4.39 Å². The van der Waals surface area contributed by atoms with Gasteiger partial charge in [0.15, 0.2) is 5.82 Å².